The van der Waals surface area contributed by atoms with Crippen LogP contribution in [-0.4, -0.2) is 73.4 Å². The van der Waals surface area contributed by atoms with Gasteiger partial charge in [-0.25, -0.2) is 4.57 Å². The number of amides is 1. The van der Waals surface area contributed by atoms with E-state index in [1.165, 1.54) is 218 Å². The number of aliphatic hydroxyl groups excluding tert-OH is 1. The molecule has 0 aliphatic rings. The van der Waals surface area contributed by atoms with Crippen molar-refractivity contribution < 1.29 is 32.9 Å². The Labute approximate surface area is 417 Å². The SMILES string of the molecule is CCCCCCCCCCCCCC/C=C\CCCCCCCCCCCC(=O)NC(COP(=O)(O)OCC[N+](C)(C)C)C(O)/C=C/CC/C=C/CCCCCCCCCCCCCCCC. The average Bonchev–Trinajstić information content (AvgIpc) is 3.29. The lowest BCUT2D eigenvalue weighted by atomic mass is 10.0. The molecule has 0 fully saturated rings. The van der Waals surface area contributed by atoms with Gasteiger partial charge in [0, 0.05) is 6.42 Å². The van der Waals surface area contributed by atoms with Gasteiger partial charge in [0.15, 0.2) is 0 Å². The number of likely N-dealkylation sites (N-methyl/N-ethyl adjacent to an activating group) is 1. The van der Waals surface area contributed by atoms with Crippen molar-refractivity contribution in [3.05, 3.63) is 36.5 Å². The third-order valence-electron chi connectivity index (χ3n) is 13.1. The first-order valence-corrected chi connectivity index (χ1v) is 30.4. The van der Waals surface area contributed by atoms with Crippen LogP contribution in [-0.2, 0) is 18.4 Å². The molecule has 0 saturated carbocycles. The fourth-order valence-corrected chi connectivity index (χ4v) is 9.26. The molecule has 0 aliphatic heterocycles. The van der Waals surface area contributed by atoms with Crippen LogP contribution >= 0.6 is 7.82 Å². The third-order valence-corrected chi connectivity index (χ3v) is 14.1. The summed E-state index contributed by atoms with van der Waals surface area (Å²) in [7, 11) is 1.56. The number of phosphoric ester groups is 1. The number of carbonyl (C=O) groups is 1. The fourth-order valence-electron chi connectivity index (χ4n) is 8.53. The van der Waals surface area contributed by atoms with E-state index in [1.54, 1.807) is 6.08 Å². The summed E-state index contributed by atoms with van der Waals surface area (Å²) >= 11 is 0. The summed E-state index contributed by atoms with van der Waals surface area (Å²) < 4.78 is 23.7. The number of phosphoric acid groups is 1. The number of nitrogens with zero attached hydrogens (tertiary/aromatic N) is 1. The Morgan fingerprint density at radius 1 is 0.493 bits per heavy atom. The van der Waals surface area contributed by atoms with Crippen LogP contribution in [0.25, 0.3) is 0 Å². The van der Waals surface area contributed by atoms with Crippen LogP contribution in [0.3, 0.4) is 0 Å². The number of hydrogen-bond donors (Lipinski definition) is 3. The van der Waals surface area contributed by atoms with E-state index in [4.69, 9.17) is 9.05 Å². The Morgan fingerprint density at radius 3 is 1.19 bits per heavy atom. The maximum Gasteiger partial charge on any atom is 0.472 e. The van der Waals surface area contributed by atoms with Crippen molar-refractivity contribution in [3.63, 3.8) is 0 Å². The molecule has 0 rings (SSSR count). The lowest BCUT2D eigenvalue weighted by molar-refractivity contribution is -0.870. The molecular weight excluding hydrogens is 852 g/mol. The second-order valence-corrected chi connectivity index (χ2v) is 22.5. The summed E-state index contributed by atoms with van der Waals surface area (Å²) in [4.78, 5) is 23.3. The normalized spacial score (nSPS) is 14.2. The topological polar surface area (TPSA) is 105 Å². The average molecular weight is 967 g/mol. The van der Waals surface area contributed by atoms with Crippen molar-refractivity contribution in [2.24, 2.45) is 0 Å². The molecule has 0 aromatic heterocycles. The summed E-state index contributed by atoms with van der Waals surface area (Å²) in [6.07, 6.45) is 63.9. The molecule has 3 N–H and O–H groups in total. The van der Waals surface area contributed by atoms with E-state index in [0.717, 1.165) is 38.5 Å². The number of hydrogen-bond acceptors (Lipinski definition) is 5. The van der Waals surface area contributed by atoms with Gasteiger partial charge >= 0.3 is 7.82 Å². The zero-order valence-corrected chi connectivity index (χ0v) is 46.0. The second-order valence-electron chi connectivity index (χ2n) is 21.0. The largest absolute Gasteiger partial charge is 0.472 e. The third kappa shape index (κ3) is 52.4. The summed E-state index contributed by atoms with van der Waals surface area (Å²) in [5.41, 5.74) is 0. The standard InChI is InChI=1S/C58H113N2O6P/c1-6-8-10-12-14-16-18-20-22-24-26-28-29-30-31-32-34-36-38-40-42-44-46-48-50-52-58(62)59-56(55-66-67(63,64)65-54-53-60(3,4)5)57(61)51-49-47-45-43-41-39-37-35-33-27-25-23-21-19-17-15-13-11-9-7-2/h30-31,41,43,49,51,56-57,61H,6-29,32-40,42,44-48,50,52-55H2,1-5H3,(H-,59,62,63,64)/p+1/b31-30-,43-41+,51-49+. The number of rotatable bonds is 53. The maximum absolute atomic E-state index is 13.0. The number of allylic oxidation sites excluding steroid dienone is 5. The van der Waals surface area contributed by atoms with Gasteiger partial charge in [-0.15, -0.1) is 0 Å². The van der Waals surface area contributed by atoms with Crippen molar-refractivity contribution in [1.29, 1.82) is 0 Å². The monoisotopic (exact) mass is 966 g/mol. The van der Waals surface area contributed by atoms with Crippen molar-refractivity contribution in [2.45, 2.75) is 289 Å². The summed E-state index contributed by atoms with van der Waals surface area (Å²) in [5.74, 6) is -0.186. The van der Waals surface area contributed by atoms with E-state index in [0.29, 0.717) is 17.4 Å². The van der Waals surface area contributed by atoms with Crippen molar-refractivity contribution >= 4 is 13.7 Å². The number of quaternary nitrogens is 1. The van der Waals surface area contributed by atoms with Crippen LogP contribution in [0, 0.1) is 0 Å². The van der Waals surface area contributed by atoms with E-state index in [1.807, 2.05) is 27.2 Å². The van der Waals surface area contributed by atoms with Crippen LogP contribution in [0.5, 0.6) is 0 Å². The van der Waals surface area contributed by atoms with E-state index in [2.05, 4.69) is 43.5 Å². The van der Waals surface area contributed by atoms with Gasteiger partial charge in [0.05, 0.1) is 39.9 Å². The zero-order chi connectivity index (χ0) is 49.2. The smallest absolute Gasteiger partial charge is 0.387 e. The Bertz CT molecular complexity index is 1190. The Morgan fingerprint density at radius 2 is 0.821 bits per heavy atom. The fraction of sp³-hybridized carbons (Fsp3) is 0.879. The molecule has 0 radical (unpaired) electrons. The lowest BCUT2D eigenvalue weighted by Crippen LogP contribution is -2.45. The first-order valence-electron chi connectivity index (χ1n) is 28.9. The van der Waals surface area contributed by atoms with E-state index >= 15 is 0 Å². The predicted molar refractivity (Wildman–Crippen MR) is 291 cm³/mol. The quantitative estimate of drug-likeness (QED) is 0.0243. The van der Waals surface area contributed by atoms with Crippen LogP contribution in [0.15, 0.2) is 36.5 Å². The first-order chi connectivity index (χ1) is 32.5. The van der Waals surface area contributed by atoms with Crippen molar-refractivity contribution in [2.75, 3.05) is 40.9 Å². The molecule has 0 spiro atoms. The number of unbranched alkanes of at least 4 members (excludes halogenated alkanes) is 36. The van der Waals surface area contributed by atoms with Crippen LogP contribution in [0.4, 0.5) is 0 Å². The van der Waals surface area contributed by atoms with Crippen LogP contribution in [0.2, 0.25) is 0 Å². The molecule has 0 saturated heterocycles. The highest BCUT2D eigenvalue weighted by molar-refractivity contribution is 7.47. The summed E-state index contributed by atoms with van der Waals surface area (Å²) in [6.45, 7) is 4.83. The molecule has 0 aromatic rings. The van der Waals surface area contributed by atoms with Gasteiger partial charge in [0.1, 0.15) is 13.2 Å². The van der Waals surface area contributed by atoms with Gasteiger partial charge in [-0.1, -0.05) is 249 Å². The lowest BCUT2D eigenvalue weighted by Gasteiger charge is -2.25. The van der Waals surface area contributed by atoms with Gasteiger partial charge in [-0.05, 0) is 57.8 Å². The van der Waals surface area contributed by atoms with Gasteiger partial charge in [0.2, 0.25) is 5.91 Å². The molecule has 9 heteroatoms. The highest BCUT2D eigenvalue weighted by Gasteiger charge is 2.27. The molecule has 0 aromatic carbocycles. The van der Waals surface area contributed by atoms with Crippen LogP contribution in [0.1, 0.15) is 277 Å². The molecule has 0 aliphatic carbocycles. The van der Waals surface area contributed by atoms with E-state index in [-0.39, 0.29) is 19.1 Å². The summed E-state index contributed by atoms with van der Waals surface area (Å²) in [6, 6.07) is -0.864. The minimum absolute atomic E-state index is 0.0564. The Kier molecular flexibility index (Phi) is 48.7. The molecule has 8 nitrogen and oxygen atoms in total. The minimum Gasteiger partial charge on any atom is -0.387 e. The molecular formula is C58H114N2O6P+. The molecule has 0 bridgehead atoms. The molecule has 3 atom stereocenters. The van der Waals surface area contributed by atoms with Gasteiger partial charge in [-0.2, -0.15) is 0 Å². The number of aliphatic hydroxyl groups is 1. The van der Waals surface area contributed by atoms with Gasteiger partial charge in [0.25, 0.3) is 0 Å². The highest BCUT2D eigenvalue weighted by atomic mass is 31.2. The predicted octanol–water partition coefficient (Wildman–Crippen LogP) is 17.4. The number of nitrogens with one attached hydrogen (secondary N) is 1. The zero-order valence-electron chi connectivity index (χ0n) is 45.2. The second kappa shape index (κ2) is 49.7. The molecule has 67 heavy (non-hydrogen) atoms. The molecule has 3 unspecified atom stereocenters. The minimum atomic E-state index is -4.35. The highest BCUT2D eigenvalue weighted by Crippen LogP contribution is 2.43. The van der Waals surface area contributed by atoms with Gasteiger partial charge in [-0.3, -0.25) is 13.8 Å². The van der Waals surface area contributed by atoms with Crippen molar-refractivity contribution in [1.82, 2.24) is 5.32 Å². The Balaban J connectivity index is 4.24. The van der Waals surface area contributed by atoms with Gasteiger partial charge < -0.3 is 19.8 Å². The number of carbonyl (C=O) groups excluding carboxylic acids is 1. The first kappa shape index (κ1) is 65.7. The van der Waals surface area contributed by atoms with E-state index in [9.17, 15) is 19.4 Å². The Hall–Kier alpha value is -1.28. The molecule has 396 valence electrons. The molecule has 1 amide bonds. The molecule has 0 heterocycles. The summed E-state index contributed by atoms with van der Waals surface area (Å²) in [5, 5.41) is 13.9. The maximum atomic E-state index is 13.0. The van der Waals surface area contributed by atoms with Crippen molar-refractivity contribution in [3.8, 4) is 0 Å². The van der Waals surface area contributed by atoms with Crippen LogP contribution < -0.4 is 5.32 Å². The van der Waals surface area contributed by atoms with E-state index < -0.39 is 20.0 Å².